The lowest BCUT2D eigenvalue weighted by molar-refractivity contribution is -0.0330. The average molecular weight is 672 g/mol. The summed E-state index contributed by atoms with van der Waals surface area (Å²) in [6, 6.07) is 6.62. The number of pyridine rings is 1. The summed E-state index contributed by atoms with van der Waals surface area (Å²) in [4.78, 5) is 18.1. The fourth-order valence-electron chi connectivity index (χ4n) is 4.52. The number of aromatic nitrogens is 2. The van der Waals surface area contributed by atoms with Crippen molar-refractivity contribution in [1.82, 2.24) is 14.3 Å². The first-order valence-corrected chi connectivity index (χ1v) is 16.4. The van der Waals surface area contributed by atoms with Crippen LogP contribution in [0.25, 0.3) is 5.65 Å². The van der Waals surface area contributed by atoms with Gasteiger partial charge in [-0.15, -0.1) is 0 Å². The number of hydrogen-bond donors (Lipinski definition) is 2. The highest BCUT2D eigenvalue weighted by atomic mass is 32.2. The van der Waals surface area contributed by atoms with E-state index in [9.17, 15) is 26.4 Å². The Balaban J connectivity index is 1.55. The van der Waals surface area contributed by atoms with E-state index >= 15 is 4.39 Å². The number of fused-ring (bicyclic) bond motifs is 1. The fraction of sp³-hybridized carbons (Fsp3) is 0.448. The molecule has 1 aliphatic heterocycles. The molecule has 1 saturated heterocycles. The number of sulfone groups is 1. The van der Waals surface area contributed by atoms with Crippen molar-refractivity contribution in [3.63, 3.8) is 0 Å². The summed E-state index contributed by atoms with van der Waals surface area (Å²) in [6.45, 7) is 5.15. The molecule has 0 spiro atoms. The zero-order valence-electron chi connectivity index (χ0n) is 25.2. The van der Waals surface area contributed by atoms with Crippen molar-refractivity contribution in [3.8, 4) is 17.6 Å². The third-order valence-electron chi connectivity index (χ3n) is 6.53. The van der Waals surface area contributed by atoms with Crippen LogP contribution in [0.3, 0.4) is 0 Å². The van der Waals surface area contributed by atoms with E-state index in [2.05, 4.69) is 27.5 Å². The van der Waals surface area contributed by atoms with Gasteiger partial charge < -0.3 is 25.0 Å². The number of benzene rings is 1. The summed E-state index contributed by atoms with van der Waals surface area (Å²) in [5, 5.41) is 5.75. The van der Waals surface area contributed by atoms with Gasteiger partial charge in [0.2, 0.25) is 0 Å². The molecule has 10 nitrogen and oxygen atoms in total. The van der Waals surface area contributed by atoms with E-state index in [1.54, 1.807) is 26.8 Å². The largest absolute Gasteiger partial charge is 0.495 e. The number of nitrogens with zero attached hydrogens (tertiary/aromatic N) is 3. The van der Waals surface area contributed by atoms with Crippen molar-refractivity contribution in [1.29, 1.82) is 0 Å². The molecule has 1 amide bonds. The van der Waals surface area contributed by atoms with Gasteiger partial charge in [0.25, 0.3) is 0 Å². The Bertz CT molecular complexity index is 1730. The SMILES string of the molecule is COc1cc(S(C)(=O)=O)ccc1NCC#Cc1nc2c(N[C@@H]3CCN(C(=O)OC(C)(C)C)C[C@@H]3F)cccn2c1SC(F)(F)F. The third kappa shape index (κ3) is 8.88. The monoisotopic (exact) mass is 671 g/mol. The Kier molecular flexibility index (Phi) is 10.0. The van der Waals surface area contributed by atoms with Crippen molar-refractivity contribution in [2.45, 2.75) is 60.4 Å². The molecule has 0 bridgehead atoms. The zero-order valence-corrected chi connectivity index (χ0v) is 26.8. The number of amides is 1. The number of alkyl halides is 4. The number of likely N-dealkylation sites (tertiary alicyclic amines) is 1. The second-order valence-electron chi connectivity index (χ2n) is 11.2. The van der Waals surface area contributed by atoms with E-state index < -0.39 is 39.3 Å². The van der Waals surface area contributed by atoms with Crippen molar-refractivity contribution in [2.75, 3.05) is 43.6 Å². The van der Waals surface area contributed by atoms with E-state index in [-0.39, 0.29) is 64.8 Å². The number of halogens is 4. The molecular weight excluding hydrogens is 638 g/mol. The highest BCUT2D eigenvalue weighted by Crippen LogP contribution is 2.39. The molecule has 0 radical (unpaired) electrons. The topological polar surface area (TPSA) is 114 Å². The lowest BCUT2D eigenvalue weighted by Gasteiger charge is -2.36. The Morgan fingerprint density at radius 2 is 1.93 bits per heavy atom. The van der Waals surface area contributed by atoms with Gasteiger partial charge >= 0.3 is 11.6 Å². The minimum Gasteiger partial charge on any atom is -0.495 e. The minimum absolute atomic E-state index is 0.0244. The lowest BCUT2D eigenvalue weighted by Crippen LogP contribution is -2.51. The molecule has 0 saturated carbocycles. The summed E-state index contributed by atoms with van der Waals surface area (Å²) in [5.74, 6) is 5.68. The standard InChI is InChI=1S/C29H33F4N5O5S2/c1-28(2,3)43-27(39)37-15-12-20(19(30)17-37)35-22-9-7-14-38-25(22)36-23(26(38)44-29(31,32)33)8-6-13-34-21-11-10-18(45(5,40)41)16-24(21)42-4/h7,9-11,14,16,19-20,34-35H,12-13,15,17H2,1-5H3/t19-,20+/m0/s1. The molecule has 4 rings (SSSR count). The van der Waals surface area contributed by atoms with Crippen molar-refractivity contribution >= 4 is 44.7 Å². The number of anilines is 2. The van der Waals surface area contributed by atoms with Gasteiger partial charge in [0.05, 0.1) is 42.5 Å². The maximum absolute atomic E-state index is 15.2. The molecule has 0 aliphatic carbocycles. The molecule has 3 heterocycles. The van der Waals surface area contributed by atoms with Crippen LogP contribution in [0.5, 0.6) is 5.75 Å². The summed E-state index contributed by atoms with van der Waals surface area (Å²) in [7, 11) is -2.09. The Labute approximate surface area is 262 Å². The van der Waals surface area contributed by atoms with Crippen LogP contribution in [0, 0.1) is 11.8 Å². The molecule has 0 unspecified atom stereocenters. The molecule has 45 heavy (non-hydrogen) atoms. The zero-order chi connectivity index (χ0) is 33.2. The maximum atomic E-state index is 15.2. The van der Waals surface area contributed by atoms with Gasteiger partial charge in [0.1, 0.15) is 28.2 Å². The molecule has 2 aromatic heterocycles. The smallest absolute Gasteiger partial charge is 0.447 e. The minimum atomic E-state index is -4.64. The van der Waals surface area contributed by atoms with Gasteiger partial charge in [-0.25, -0.2) is 22.6 Å². The molecule has 2 atom stereocenters. The number of hydrogen-bond acceptors (Lipinski definition) is 9. The lowest BCUT2D eigenvalue weighted by atomic mass is 10.0. The quantitative estimate of drug-likeness (QED) is 0.189. The summed E-state index contributed by atoms with van der Waals surface area (Å²) >= 11 is -0.368. The van der Waals surface area contributed by atoms with E-state index in [4.69, 9.17) is 9.47 Å². The van der Waals surface area contributed by atoms with Crippen LogP contribution in [0.4, 0.5) is 33.7 Å². The number of rotatable bonds is 7. The van der Waals surface area contributed by atoms with Crippen molar-refractivity contribution < 1.29 is 40.2 Å². The van der Waals surface area contributed by atoms with Gasteiger partial charge in [-0.2, -0.15) is 13.2 Å². The summed E-state index contributed by atoms with van der Waals surface area (Å²) in [6.07, 6.45) is 0.628. The molecule has 1 aromatic carbocycles. The van der Waals surface area contributed by atoms with Crippen LogP contribution in [-0.2, 0) is 14.6 Å². The second kappa shape index (κ2) is 13.3. The fourth-order valence-corrected chi connectivity index (χ4v) is 5.82. The number of piperidine rings is 1. The van der Waals surface area contributed by atoms with Crippen molar-refractivity contribution in [2.24, 2.45) is 0 Å². The first kappa shape index (κ1) is 34.0. The Morgan fingerprint density at radius 1 is 1.20 bits per heavy atom. The third-order valence-corrected chi connectivity index (χ3v) is 8.45. The van der Waals surface area contributed by atoms with E-state index in [0.29, 0.717) is 11.4 Å². The van der Waals surface area contributed by atoms with Crippen LogP contribution in [0.1, 0.15) is 32.9 Å². The van der Waals surface area contributed by atoms with Crippen LogP contribution >= 0.6 is 11.8 Å². The highest BCUT2D eigenvalue weighted by Gasteiger charge is 2.35. The van der Waals surface area contributed by atoms with Gasteiger partial charge in [0.15, 0.2) is 15.5 Å². The number of carbonyl (C=O) groups is 1. The molecule has 2 N–H and O–H groups in total. The van der Waals surface area contributed by atoms with E-state index in [1.807, 2.05) is 0 Å². The second-order valence-corrected chi connectivity index (χ2v) is 14.3. The molecular formula is C29H33F4N5O5S2. The van der Waals surface area contributed by atoms with Gasteiger partial charge in [-0.3, -0.25) is 4.40 Å². The van der Waals surface area contributed by atoms with E-state index in [0.717, 1.165) is 6.26 Å². The number of nitrogens with one attached hydrogen (secondary N) is 2. The highest BCUT2D eigenvalue weighted by molar-refractivity contribution is 8.00. The van der Waals surface area contributed by atoms with E-state index in [1.165, 1.54) is 46.9 Å². The molecule has 1 aliphatic rings. The number of imidazole rings is 1. The molecule has 16 heteroatoms. The molecule has 244 valence electrons. The number of ether oxygens (including phenoxy) is 2. The predicted molar refractivity (Wildman–Crippen MR) is 163 cm³/mol. The number of methoxy groups -OCH3 is 1. The first-order valence-electron chi connectivity index (χ1n) is 13.7. The number of thioether (sulfide) groups is 1. The molecule has 3 aromatic rings. The number of carbonyl (C=O) groups excluding carboxylic acids is 1. The summed E-state index contributed by atoms with van der Waals surface area (Å²) < 4.78 is 91.4. The van der Waals surface area contributed by atoms with Crippen LogP contribution in [0.15, 0.2) is 46.5 Å². The van der Waals surface area contributed by atoms with Crippen molar-refractivity contribution in [3.05, 3.63) is 42.2 Å². The van der Waals surface area contributed by atoms with Gasteiger partial charge in [0, 0.05) is 36.8 Å². The predicted octanol–water partition coefficient (Wildman–Crippen LogP) is 5.58. The normalized spacial score (nSPS) is 17.4. The van der Waals surface area contributed by atoms with Crippen LogP contribution in [0.2, 0.25) is 0 Å². The van der Waals surface area contributed by atoms with Crippen LogP contribution in [-0.4, -0.2) is 85.1 Å². The average Bonchev–Trinajstić information content (AvgIpc) is 3.27. The molecule has 1 fully saturated rings. The maximum Gasteiger partial charge on any atom is 0.447 e. The van der Waals surface area contributed by atoms with Gasteiger partial charge in [-0.05, 0) is 57.4 Å². The van der Waals surface area contributed by atoms with Gasteiger partial charge in [-0.1, -0.05) is 5.92 Å². The Morgan fingerprint density at radius 3 is 2.56 bits per heavy atom. The summed E-state index contributed by atoms with van der Waals surface area (Å²) in [5.41, 5.74) is -4.63. The first-order chi connectivity index (χ1) is 20.9. The Hall–Kier alpha value is -3.84. The van der Waals surface area contributed by atoms with Crippen LogP contribution < -0.4 is 15.4 Å².